The van der Waals surface area contributed by atoms with E-state index in [0.717, 1.165) is 23.0 Å². The molecule has 0 fully saturated rings. The summed E-state index contributed by atoms with van der Waals surface area (Å²) in [6, 6.07) is 14.7. The van der Waals surface area contributed by atoms with Crippen LogP contribution in [0.5, 0.6) is 0 Å². The molecule has 0 saturated carbocycles. The maximum atomic E-state index is 6.42. The van der Waals surface area contributed by atoms with Gasteiger partial charge in [-0.1, -0.05) is 61.5 Å². The molecule has 1 N–H and O–H groups in total. The first-order valence-electron chi connectivity index (χ1n) is 7.29. The predicted octanol–water partition coefficient (Wildman–Crippen LogP) is 5.55. The van der Waals surface area contributed by atoms with E-state index in [1.165, 1.54) is 16.0 Å². The third-order valence-corrected chi connectivity index (χ3v) is 4.87. The first-order chi connectivity index (χ1) is 10.1. The van der Waals surface area contributed by atoms with E-state index in [0.29, 0.717) is 5.92 Å². The number of aryl methyl sites for hydroxylation is 1. The summed E-state index contributed by atoms with van der Waals surface area (Å²) in [5.74, 6) is 0.663. The molecule has 0 aliphatic rings. The summed E-state index contributed by atoms with van der Waals surface area (Å²) in [6.45, 7) is 8.44. The monoisotopic (exact) mass is 319 g/mol. The molecule has 0 bridgehead atoms. The fourth-order valence-corrected chi connectivity index (χ4v) is 3.26. The number of halogens is 1. The van der Waals surface area contributed by atoms with Crippen LogP contribution in [0.15, 0.2) is 52.3 Å². The molecule has 0 aliphatic heterocycles. The number of nitrogens with one attached hydrogen (secondary N) is 1. The van der Waals surface area contributed by atoms with Gasteiger partial charge in [-0.15, -0.1) is 0 Å². The Labute approximate surface area is 137 Å². The molecular formula is C18H22ClNS. The minimum atomic E-state index is 0.663. The zero-order valence-corrected chi connectivity index (χ0v) is 14.4. The molecule has 112 valence electrons. The smallest absolute Gasteiger partial charge is 0.0548 e. The fraction of sp³-hybridized carbons (Fsp3) is 0.333. The van der Waals surface area contributed by atoms with Gasteiger partial charge in [0.05, 0.1) is 5.02 Å². The van der Waals surface area contributed by atoms with Gasteiger partial charge in [-0.2, -0.15) is 0 Å². The van der Waals surface area contributed by atoms with Crippen LogP contribution in [-0.4, -0.2) is 6.54 Å². The van der Waals surface area contributed by atoms with Crippen molar-refractivity contribution in [1.29, 1.82) is 0 Å². The van der Waals surface area contributed by atoms with E-state index >= 15 is 0 Å². The Balaban J connectivity index is 2.04. The van der Waals surface area contributed by atoms with Crippen molar-refractivity contribution in [2.24, 2.45) is 5.92 Å². The molecule has 2 rings (SSSR count). The second kappa shape index (κ2) is 7.88. The van der Waals surface area contributed by atoms with Crippen LogP contribution in [0.1, 0.15) is 25.0 Å². The summed E-state index contributed by atoms with van der Waals surface area (Å²) in [5, 5.41) is 4.27. The maximum absolute atomic E-state index is 6.42. The molecular weight excluding hydrogens is 298 g/mol. The van der Waals surface area contributed by atoms with E-state index < -0.39 is 0 Å². The number of benzene rings is 2. The zero-order valence-electron chi connectivity index (χ0n) is 12.8. The van der Waals surface area contributed by atoms with Crippen LogP contribution in [-0.2, 0) is 6.54 Å². The summed E-state index contributed by atoms with van der Waals surface area (Å²) in [7, 11) is 0. The van der Waals surface area contributed by atoms with Crippen LogP contribution < -0.4 is 5.32 Å². The summed E-state index contributed by atoms with van der Waals surface area (Å²) in [6.07, 6.45) is 0. The molecule has 0 heterocycles. The van der Waals surface area contributed by atoms with Crippen LogP contribution in [0.2, 0.25) is 5.02 Å². The Morgan fingerprint density at radius 3 is 2.52 bits per heavy atom. The van der Waals surface area contributed by atoms with Gasteiger partial charge in [0.25, 0.3) is 0 Å². The van der Waals surface area contributed by atoms with E-state index in [1.807, 2.05) is 0 Å². The van der Waals surface area contributed by atoms with Gasteiger partial charge in [0.15, 0.2) is 0 Å². The molecule has 0 spiro atoms. The molecule has 3 heteroatoms. The third-order valence-electron chi connectivity index (χ3n) is 3.19. The van der Waals surface area contributed by atoms with E-state index in [4.69, 9.17) is 11.6 Å². The molecule has 0 amide bonds. The molecule has 1 nitrogen and oxygen atoms in total. The highest BCUT2D eigenvalue weighted by atomic mass is 35.5. The van der Waals surface area contributed by atoms with Gasteiger partial charge in [-0.25, -0.2) is 0 Å². The highest BCUT2D eigenvalue weighted by Crippen LogP contribution is 2.35. The van der Waals surface area contributed by atoms with Crippen molar-refractivity contribution in [1.82, 2.24) is 5.32 Å². The lowest BCUT2D eigenvalue weighted by Crippen LogP contribution is -2.18. The van der Waals surface area contributed by atoms with Gasteiger partial charge in [0.1, 0.15) is 0 Å². The van der Waals surface area contributed by atoms with Gasteiger partial charge in [0.2, 0.25) is 0 Å². The molecule has 2 aromatic carbocycles. The molecule has 21 heavy (non-hydrogen) atoms. The average Bonchev–Trinajstić information content (AvgIpc) is 2.43. The van der Waals surface area contributed by atoms with Crippen LogP contribution in [0.3, 0.4) is 0 Å². The number of rotatable bonds is 6. The minimum absolute atomic E-state index is 0.663. The first kappa shape index (κ1) is 16.4. The second-order valence-corrected chi connectivity index (χ2v) is 7.15. The average molecular weight is 320 g/mol. The van der Waals surface area contributed by atoms with Gasteiger partial charge < -0.3 is 5.32 Å². The van der Waals surface area contributed by atoms with Crippen LogP contribution in [0.4, 0.5) is 0 Å². The number of hydrogen-bond acceptors (Lipinski definition) is 2. The van der Waals surface area contributed by atoms with Crippen molar-refractivity contribution >= 4 is 23.4 Å². The second-order valence-electron chi connectivity index (χ2n) is 5.66. The molecule has 0 atom stereocenters. The SMILES string of the molecule is Cc1ccccc1Sc1ccc(CNCC(C)C)cc1Cl. The predicted molar refractivity (Wildman–Crippen MR) is 93.3 cm³/mol. The van der Waals surface area contributed by atoms with E-state index in [2.05, 4.69) is 68.6 Å². The highest BCUT2D eigenvalue weighted by molar-refractivity contribution is 7.99. The van der Waals surface area contributed by atoms with Gasteiger partial charge >= 0.3 is 0 Å². The molecule has 0 unspecified atom stereocenters. The maximum Gasteiger partial charge on any atom is 0.0548 e. The third kappa shape index (κ3) is 5.06. The van der Waals surface area contributed by atoms with Crippen molar-refractivity contribution in [2.75, 3.05) is 6.54 Å². The summed E-state index contributed by atoms with van der Waals surface area (Å²) in [5.41, 5.74) is 2.51. The van der Waals surface area contributed by atoms with Crippen LogP contribution in [0.25, 0.3) is 0 Å². The zero-order chi connectivity index (χ0) is 15.2. The summed E-state index contributed by atoms with van der Waals surface area (Å²) < 4.78 is 0. The van der Waals surface area contributed by atoms with E-state index in [1.54, 1.807) is 11.8 Å². The minimum Gasteiger partial charge on any atom is -0.312 e. The highest BCUT2D eigenvalue weighted by Gasteiger charge is 2.06. The van der Waals surface area contributed by atoms with Gasteiger partial charge in [-0.3, -0.25) is 0 Å². The Morgan fingerprint density at radius 1 is 1.10 bits per heavy atom. The first-order valence-corrected chi connectivity index (χ1v) is 8.48. The topological polar surface area (TPSA) is 12.0 Å². The molecule has 0 aromatic heterocycles. The van der Waals surface area contributed by atoms with E-state index in [9.17, 15) is 0 Å². The molecule has 0 saturated heterocycles. The van der Waals surface area contributed by atoms with E-state index in [-0.39, 0.29) is 0 Å². The lowest BCUT2D eigenvalue weighted by Gasteiger charge is -2.10. The van der Waals surface area contributed by atoms with Crippen molar-refractivity contribution in [3.63, 3.8) is 0 Å². The van der Waals surface area contributed by atoms with Gasteiger partial charge in [-0.05, 0) is 48.7 Å². The van der Waals surface area contributed by atoms with Crippen molar-refractivity contribution in [2.45, 2.75) is 37.1 Å². The quantitative estimate of drug-likeness (QED) is 0.749. The van der Waals surface area contributed by atoms with Crippen LogP contribution >= 0.6 is 23.4 Å². The summed E-state index contributed by atoms with van der Waals surface area (Å²) in [4.78, 5) is 2.36. The fourth-order valence-electron chi connectivity index (χ4n) is 2.03. The molecule has 0 radical (unpaired) electrons. The molecule has 2 aromatic rings. The Kier molecular flexibility index (Phi) is 6.16. The normalized spacial score (nSPS) is 11.1. The summed E-state index contributed by atoms with van der Waals surface area (Å²) >= 11 is 8.15. The Morgan fingerprint density at radius 2 is 1.86 bits per heavy atom. The number of hydrogen-bond donors (Lipinski definition) is 1. The van der Waals surface area contributed by atoms with Crippen molar-refractivity contribution < 1.29 is 0 Å². The van der Waals surface area contributed by atoms with Crippen molar-refractivity contribution in [3.8, 4) is 0 Å². The van der Waals surface area contributed by atoms with Crippen molar-refractivity contribution in [3.05, 3.63) is 58.6 Å². The molecule has 0 aliphatic carbocycles. The van der Waals surface area contributed by atoms with Crippen LogP contribution in [0, 0.1) is 12.8 Å². The largest absolute Gasteiger partial charge is 0.312 e. The Bertz CT molecular complexity index is 596. The Hall–Kier alpha value is -0.960. The lowest BCUT2D eigenvalue weighted by atomic mass is 10.2. The van der Waals surface area contributed by atoms with Gasteiger partial charge in [0, 0.05) is 16.3 Å². The lowest BCUT2D eigenvalue weighted by molar-refractivity contribution is 0.552. The standard InChI is InChI=1S/C18H22ClNS/c1-13(2)11-20-12-15-8-9-18(16(19)10-15)21-17-7-5-4-6-14(17)3/h4-10,13,20H,11-12H2,1-3H3.